The molecule has 0 amide bonds. The minimum atomic E-state index is -4.10. The lowest BCUT2D eigenvalue weighted by Gasteiger charge is -2.37. The second-order valence-electron chi connectivity index (χ2n) is 10.2. The fraction of sp³-hybridized carbons (Fsp3) is 0.458. The van der Waals surface area contributed by atoms with Crippen LogP contribution in [0.25, 0.3) is 0 Å². The number of sulfonamides is 1. The van der Waals surface area contributed by atoms with Gasteiger partial charge in [0, 0.05) is 68.4 Å². The molecule has 9 N–H and O–H groups in total. The predicted molar refractivity (Wildman–Crippen MR) is 154 cm³/mol. The summed E-state index contributed by atoms with van der Waals surface area (Å²) in [6.45, 7) is 2.18. The molecule has 0 bridgehead atoms. The van der Waals surface area contributed by atoms with Crippen LogP contribution < -0.4 is 42.5 Å². The number of hydrogen-bond donors (Lipinski definition) is 5. The lowest BCUT2D eigenvalue weighted by atomic mass is 10.0. The summed E-state index contributed by atoms with van der Waals surface area (Å²) in [5.74, 6) is 0.996. The molecule has 3 aromatic rings. The molecule has 2 fully saturated rings. The van der Waals surface area contributed by atoms with Gasteiger partial charge < -0.3 is 38.1 Å². The van der Waals surface area contributed by atoms with E-state index in [9.17, 15) is 8.42 Å². The molecule has 1 aromatic carbocycles. The van der Waals surface area contributed by atoms with Gasteiger partial charge in [-0.15, -0.1) is 4.47 Å². The normalized spacial score (nSPS) is 23.3. The third-order valence-electron chi connectivity index (χ3n) is 6.72. The zero-order valence-electron chi connectivity index (χ0n) is 22.6. The maximum atomic E-state index is 13.2. The van der Waals surface area contributed by atoms with Crippen molar-refractivity contribution in [3.05, 3.63) is 42.7 Å². The van der Waals surface area contributed by atoms with Gasteiger partial charge in [-0.1, -0.05) is 0 Å². The molecule has 4 heterocycles. The average Bonchev–Trinajstić information content (AvgIpc) is 2.93. The van der Waals surface area contributed by atoms with Gasteiger partial charge in [-0.05, 0) is 43.2 Å². The maximum Gasteiger partial charge on any atom is 0.289 e. The van der Waals surface area contributed by atoms with E-state index in [2.05, 4.69) is 25.3 Å². The number of nitrogens with two attached hydrogens (primary N) is 4. The summed E-state index contributed by atoms with van der Waals surface area (Å²) in [6, 6.07) is 7.16. The Kier molecular flexibility index (Phi) is 8.43. The molecule has 2 aromatic heterocycles. The number of anilines is 5. The summed E-state index contributed by atoms with van der Waals surface area (Å²) in [5, 5.41) is 3.16. The Hall–Kier alpha value is -3.74. The topological polar surface area (TPSA) is 234 Å². The number of nitrogens with one attached hydrogen (secondary N) is 1. The second-order valence-corrected chi connectivity index (χ2v) is 11.9. The highest BCUT2D eigenvalue weighted by Crippen LogP contribution is 2.26. The van der Waals surface area contributed by atoms with Crippen LogP contribution in [0.3, 0.4) is 0 Å². The fourth-order valence-corrected chi connectivity index (χ4v) is 6.16. The number of benzene rings is 1. The Labute approximate surface area is 238 Å². The summed E-state index contributed by atoms with van der Waals surface area (Å²) in [7, 11) is -2.87. The first-order valence-corrected chi connectivity index (χ1v) is 14.6. The van der Waals surface area contributed by atoms with Crippen molar-refractivity contribution in [3.8, 4) is 0 Å². The number of piperidine rings is 2. The smallest absolute Gasteiger partial charge is 0.289 e. The van der Waals surface area contributed by atoms with E-state index in [0.29, 0.717) is 61.1 Å². The molecule has 41 heavy (non-hydrogen) atoms. The van der Waals surface area contributed by atoms with Gasteiger partial charge in [-0.25, -0.2) is 9.97 Å². The van der Waals surface area contributed by atoms with E-state index in [0.717, 1.165) is 0 Å². The van der Waals surface area contributed by atoms with Gasteiger partial charge in [-0.3, -0.25) is 4.84 Å². The lowest BCUT2D eigenvalue weighted by Crippen LogP contribution is -2.54. The van der Waals surface area contributed by atoms with Crippen LogP contribution >= 0.6 is 0 Å². The third-order valence-corrected chi connectivity index (χ3v) is 8.33. The molecule has 16 nitrogen and oxygen atoms in total. The maximum absolute atomic E-state index is 13.2. The molecule has 2 saturated heterocycles. The summed E-state index contributed by atoms with van der Waals surface area (Å²) >= 11 is 0. The van der Waals surface area contributed by atoms with E-state index in [1.807, 2.05) is 9.80 Å². The quantitative estimate of drug-likeness (QED) is 0.197. The molecule has 4 atom stereocenters. The monoisotopic (exact) mass is 585 g/mol. The van der Waals surface area contributed by atoms with Crippen molar-refractivity contribution >= 4 is 39.5 Å². The zero-order valence-corrected chi connectivity index (χ0v) is 23.4. The molecule has 2 aliphatic rings. The van der Waals surface area contributed by atoms with Crippen molar-refractivity contribution in [3.63, 3.8) is 0 Å². The number of hydrogen-bond acceptors (Lipinski definition) is 15. The van der Waals surface area contributed by atoms with Gasteiger partial charge in [0.05, 0.1) is 12.0 Å². The second kappa shape index (κ2) is 12.0. The highest BCUT2D eigenvalue weighted by Gasteiger charge is 2.30. The van der Waals surface area contributed by atoms with Crippen LogP contribution in [0.4, 0.5) is 29.5 Å². The van der Waals surface area contributed by atoms with Crippen molar-refractivity contribution in [2.75, 3.05) is 52.9 Å². The van der Waals surface area contributed by atoms with Gasteiger partial charge in [0.1, 0.15) is 0 Å². The molecule has 2 aliphatic heterocycles. The molecule has 17 heteroatoms. The molecular weight excluding hydrogens is 550 g/mol. The first-order chi connectivity index (χ1) is 19.6. The summed E-state index contributed by atoms with van der Waals surface area (Å²) in [6.07, 6.45) is 4.26. The van der Waals surface area contributed by atoms with Crippen molar-refractivity contribution < 1.29 is 13.3 Å². The van der Waals surface area contributed by atoms with Gasteiger partial charge in [0.15, 0.2) is 0 Å². The van der Waals surface area contributed by atoms with E-state index in [1.165, 1.54) is 31.6 Å². The summed E-state index contributed by atoms with van der Waals surface area (Å²) in [4.78, 5) is 30.9. The van der Waals surface area contributed by atoms with E-state index in [4.69, 9.17) is 32.8 Å². The van der Waals surface area contributed by atoms with E-state index in [1.54, 1.807) is 18.2 Å². The molecule has 0 spiro atoms. The Bertz CT molecular complexity index is 1370. The molecule has 220 valence electrons. The van der Waals surface area contributed by atoms with Crippen molar-refractivity contribution in [1.82, 2.24) is 24.9 Å². The van der Waals surface area contributed by atoms with Crippen molar-refractivity contribution in [1.29, 1.82) is 0 Å². The number of nitrogens with zero attached hydrogens (tertiary/aromatic N) is 8. The van der Waals surface area contributed by atoms with Gasteiger partial charge >= 0.3 is 0 Å². The standard InChI is InChI=1S/C24H35N13O3S/c1-40-37(22-29-7-2-8-30-22)41(38,39)20-5-3-19(4-6-20)31-21-32-23(35-11-15(25)9-16(26)12-35)34-24(33-21)36-13-17(27)10-18(28)14-36/h2-8,15-18H,9-14,25-28H2,1H3,(H,31,32,33,34). The van der Waals surface area contributed by atoms with Crippen LogP contribution in [0, 0.1) is 0 Å². The van der Waals surface area contributed by atoms with E-state index in [-0.39, 0.29) is 41.0 Å². The van der Waals surface area contributed by atoms with Crippen LogP contribution in [0.1, 0.15) is 12.8 Å². The molecule has 5 rings (SSSR count). The Morgan fingerprint density at radius 2 is 1.32 bits per heavy atom. The Morgan fingerprint density at radius 3 is 1.78 bits per heavy atom. The molecular formula is C24H35N13O3S. The van der Waals surface area contributed by atoms with E-state index >= 15 is 0 Å². The third kappa shape index (κ3) is 6.61. The summed E-state index contributed by atoms with van der Waals surface area (Å²) in [5.41, 5.74) is 25.5. The Balaban J connectivity index is 1.42. The molecule has 0 radical (unpaired) electrons. The fourth-order valence-electron chi connectivity index (χ4n) is 4.98. The van der Waals surface area contributed by atoms with Crippen LogP contribution in [0.15, 0.2) is 47.6 Å². The van der Waals surface area contributed by atoms with E-state index < -0.39 is 10.0 Å². The SMILES string of the molecule is CON(c1ncccn1)S(=O)(=O)c1ccc(Nc2nc(N3CC(N)CC(N)C3)nc(N3CC(N)CC(N)C3)n2)cc1. The van der Waals surface area contributed by atoms with Gasteiger partial charge in [-0.2, -0.15) is 23.4 Å². The predicted octanol–water partition coefficient (Wildman–Crippen LogP) is -1.11. The van der Waals surface area contributed by atoms with Crippen molar-refractivity contribution in [2.24, 2.45) is 22.9 Å². The molecule has 4 unspecified atom stereocenters. The highest BCUT2D eigenvalue weighted by molar-refractivity contribution is 7.92. The van der Waals surface area contributed by atoms with Crippen LogP contribution in [-0.4, -0.2) is 90.8 Å². The van der Waals surface area contributed by atoms with Crippen molar-refractivity contribution in [2.45, 2.75) is 41.9 Å². The number of aromatic nitrogens is 5. The lowest BCUT2D eigenvalue weighted by molar-refractivity contribution is 0.211. The summed E-state index contributed by atoms with van der Waals surface area (Å²) < 4.78 is 27.0. The molecule has 0 saturated carbocycles. The van der Waals surface area contributed by atoms with Crippen LogP contribution in [0.5, 0.6) is 0 Å². The first kappa shape index (κ1) is 28.8. The van der Waals surface area contributed by atoms with Gasteiger partial charge in [0.25, 0.3) is 16.0 Å². The number of rotatable bonds is 8. The average molecular weight is 586 g/mol. The van der Waals surface area contributed by atoms with Crippen LogP contribution in [0.2, 0.25) is 0 Å². The first-order valence-electron chi connectivity index (χ1n) is 13.1. The Morgan fingerprint density at radius 1 is 0.829 bits per heavy atom. The zero-order chi connectivity index (χ0) is 29.1. The largest absolute Gasteiger partial charge is 0.338 e. The highest BCUT2D eigenvalue weighted by atomic mass is 32.2. The van der Waals surface area contributed by atoms with Crippen LogP contribution in [-0.2, 0) is 14.9 Å². The minimum absolute atomic E-state index is 0.0260. The minimum Gasteiger partial charge on any atom is -0.338 e. The van der Waals surface area contributed by atoms with Gasteiger partial charge in [0.2, 0.25) is 17.8 Å². The molecule has 0 aliphatic carbocycles.